The molecule has 1 aromatic rings. The minimum absolute atomic E-state index is 0.0000865. The first-order valence-corrected chi connectivity index (χ1v) is 7.30. The Morgan fingerprint density at radius 1 is 1.32 bits per heavy atom. The first-order chi connectivity index (χ1) is 10.5. The molecular weight excluding hydrogens is 286 g/mol. The average Bonchev–Trinajstić information content (AvgIpc) is 2.94. The lowest BCUT2D eigenvalue weighted by atomic mass is 9.97. The molecule has 2 amide bonds. The van der Waals surface area contributed by atoms with Gasteiger partial charge < -0.3 is 25.4 Å². The Bertz CT molecular complexity index is 617. The lowest BCUT2D eigenvalue weighted by molar-refractivity contribution is -0.132. The third kappa shape index (κ3) is 2.79. The highest BCUT2D eigenvalue weighted by molar-refractivity contribution is 5.96. The van der Waals surface area contributed by atoms with Gasteiger partial charge in [0.2, 0.25) is 18.6 Å². The molecule has 0 spiro atoms. The predicted molar refractivity (Wildman–Crippen MR) is 80.6 cm³/mol. The summed E-state index contributed by atoms with van der Waals surface area (Å²) in [6.45, 7) is 2.84. The Kier molecular flexibility index (Phi) is 3.79. The van der Waals surface area contributed by atoms with Crippen LogP contribution in [0.25, 0.3) is 0 Å². The highest BCUT2D eigenvalue weighted by Gasteiger charge is 2.28. The van der Waals surface area contributed by atoms with Gasteiger partial charge in [0.05, 0.1) is 17.3 Å². The number of nitrogens with one attached hydrogen (secondary N) is 1. The van der Waals surface area contributed by atoms with E-state index in [0.717, 1.165) is 12.8 Å². The van der Waals surface area contributed by atoms with Gasteiger partial charge in [0.1, 0.15) is 0 Å². The molecule has 1 unspecified atom stereocenters. The molecule has 1 fully saturated rings. The zero-order valence-electron chi connectivity index (χ0n) is 12.4. The van der Waals surface area contributed by atoms with E-state index >= 15 is 0 Å². The molecule has 2 heterocycles. The van der Waals surface area contributed by atoms with Crippen molar-refractivity contribution in [2.24, 2.45) is 5.92 Å². The summed E-state index contributed by atoms with van der Waals surface area (Å²) in [5.74, 6) is 0.800. The summed E-state index contributed by atoms with van der Waals surface area (Å²) in [6, 6.07) is 3.31. The van der Waals surface area contributed by atoms with Crippen LogP contribution in [0.15, 0.2) is 12.1 Å². The van der Waals surface area contributed by atoms with E-state index in [0.29, 0.717) is 36.0 Å². The van der Waals surface area contributed by atoms with Crippen molar-refractivity contribution in [3.63, 3.8) is 0 Å². The number of carbonyl (C=O) groups excluding carboxylic acids is 2. The number of rotatable bonds is 2. The largest absolute Gasteiger partial charge is 0.454 e. The second-order valence-corrected chi connectivity index (χ2v) is 5.59. The number of amides is 2. The fraction of sp³-hybridized carbons (Fsp3) is 0.467. The normalized spacial score (nSPS) is 19.9. The second kappa shape index (κ2) is 5.75. The molecule has 0 saturated carbocycles. The molecule has 3 N–H and O–H groups in total. The Hall–Kier alpha value is -2.44. The standard InChI is InChI=1S/C15H19N3O4/c1-9(19)18-4-2-3-10(7-18)15(20)17-12-6-14-13(5-11(12)16)21-8-22-14/h5-6,10H,2-4,7-8,16H2,1H3,(H,17,20). The summed E-state index contributed by atoms with van der Waals surface area (Å²) in [7, 11) is 0. The maximum atomic E-state index is 12.4. The average molecular weight is 305 g/mol. The number of benzene rings is 1. The predicted octanol–water partition coefficient (Wildman–Crippen LogP) is 1.19. The van der Waals surface area contributed by atoms with Crippen LogP contribution in [0.1, 0.15) is 19.8 Å². The van der Waals surface area contributed by atoms with Crippen LogP contribution in [0.4, 0.5) is 11.4 Å². The molecule has 0 radical (unpaired) electrons. The third-order valence-corrected chi connectivity index (χ3v) is 4.04. The minimum atomic E-state index is -0.220. The maximum Gasteiger partial charge on any atom is 0.231 e. The van der Waals surface area contributed by atoms with E-state index in [-0.39, 0.29) is 24.5 Å². The summed E-state index contributed by atoms with van der Waals surface area (Å²) in [4.78, 5) is 25.6. The van der Waals surface area contributed by atoms with Gasteiger partial charge in [-0.25, -0.2) is 0 Å². The van der Waals surface area contributed by atoms with Crippen molar-refractivity contribution in [1.29, 1.82) is 0 Å². The van der Waals surface area contributed by atoms with Gasteiger partial charge in [0, 0.05) is 32.1 Å². The monoisotopic (exact) mass is 305 g/mol. The first-order valence-electron chi connectivity index (χ1n) is 7.30. The fourth-order valence-electron chi connectivity index (χ4n) is 2.78. The molecule has 1 aromatic carbocycles. The highest BCUT2D eigenvalue weighted by Crippen LogP contribution is 2.38. The number of nitrogen functional groups attached to an aromatic ring is 1. The van der Waals surface area contributed by atoms with Crippen LogP contribution in [0.5, 0.6) is 11.5 Å². The molecule has 7 heteroatoms. The Balaban J connectivity index is 1.70. The second-order valence-electron chi connectivity index (χ2n) is 5.59. The van der Waals surface area contributed by atoms with Gasteiger partial charge in [-0.1, -0.05) is 0 Å². The van der Waals surface area contributed by atoms with Crippen molar-refractivity contribution in [3.8, 4) is 11.5 Å². The molecular formula is C15H19N3O4. The summed E-state index contributed by atoms with van der Waals surface area (Å²) in [5.41, 5.74) is 6.87. The van der Waals surface area contributed by atoms with Crippen molar-refractivity contribution in [1.82, 2.24) is 4.90 Å². The number of likely N-dealkylation sites (tertiary alicyclic amines) is 1. The SMILES string of the molecule is CC(=O)N1CCCC(C(=O)Nc2cc3c(cc2N)OCO3)C1. The number of nitrogens with zero attached hydrogens (tertiary/aromatic N) is 1. The van der Waals surface area contributed by atoms with E-state index in [1.165, 1.54) is 6.92 Å². The molecule has 1 atom stereocenters. The van der Waals surface area contributed by atoms with Gasteiger partial charge in [-0.2, -0.15) is 0 Å². The van der Waals surface area contributed by atoms with Crippen molar-refractivity contribution in [2.45, 2.75) is 19.8 Å². The van der Waals surface area contributed by atoms with E-state index in [4.69, 9.17) is 15.2 Å². The van der Waals surface area contributed by atoms with Crippen LogP contribution in [0.2, 0.25) is 0 Å². The summed E-state index contributed by atoms with van der Waals surface area (Å²) >= 11 is 0. The summed E-state index contributed by atoms with van der Waals surface area (Å²) in [6.07, 6.45) is 1.59. The Labute approximate surface area is 128 Å². The number of carbonyl (C=O) groups is 2. The van der Waals surface area contributed by atoms with Gasteiger partial charge in [-0.05, 0) is 12.8 Å². The summed E-state index contributed by atoms with van der Waals surface area (Å²) < 4.78 is 10.5. The summed E-state index contributed by atoms with van der Waals surface area (Å²) in [5, 5.41) is 2.83. The van der Waals surface area contributed by atoms with Gasteiger partial charge in [0.15, 0.2) is 11.5 Å². The molecule has 3 rings (SSSR count). The molecule has 2 aliphatic heterocycles. The Morgan fingerprint density at radius 3 is 2.77 bits per heavy atom. The van der Waals surface area contributed by atoms with Gasteiger partial charge in [0.25, 0.3) is 0 Å². The van der Waals surface area contributed by atoms with Crippen LogP contribution < -0.4 is 20.5 Å². The van der Waals surface area contributed by atoms with E-state index < -0.39 is 0 Å². The van der Waals surface area contributed by atoms with Crippen LogP contribution in [0, 0.1) is 5.92 Å². The number of ether oxygens (including phenoxy) is 2. The van der Waals surface area contributed by atoms with E-state index in [2.05, 4.69) is 5.32 Å². The fourth-order valence-corrected chi connectivity index (χ4v) is 2.78. The lowest BCUT2D eigenvalue weighted by Crippen LogP contribution is -2.42. The van der Waals surface area contributed by atoms with E-state index in [1.807, 2.05) is 0 Å². The zero-order chi connectivity index (χ0) is 15.7. The lowest BCUT2D eigenvalue weighted by Gasteiger charge is -2.31. The smallest absolute Gasteiger partial charge is 0.231 e. The molecule has 1 saturated heterocycles. The van der Waals surface area contributed by atoms with Crippen molar-refractivity contribution in [2.75, 3.05) is 30.9 Å². The molecule has 7 nitrogen and oxygen atoms in total. The molecule has 2 aliphatic rings. The number of nitrogens with two attached hydrogens (primary N) is 1. The number of hydrogen-bond donors (Lipinski definition) is 2. The van der Waals surface area contributed by atoms with Crippen molar-refractivity contribution >= 4 is 23.2 Å². The first kappa shape index (κ1) is 14.5. The molecule has 22 heavy (non-hydrogen) atoms. The molecule has 0 bridgehead atoms. The quantitative estimate of drug-likeness (QED) is 0.801. The maximum absolute atomic E-state index is 12.4. The highest BCUT2D eigenvalue weighted by atomic mass is 16.7. The van der Waals surface area contributed by atoms with Gasteiger partial charge in [-0.3, -0.25) is 9.59 Å². The third-order valence-electron chi connectivity index (χ3n) is 4.04. The number of anilines is 2. The number of piperidine rings is 1. The molecule has 0 aromatic heterocycles. The van der Waals surface area contributed by atoms with Gasteiger partial charge >= 0.3 is 0 Å². The van der Waals surface area contributed by atoms with E-state index in [1.54, 1.807) is 17.0 Å². The molecule has 118 valence electrons. The molecule has 0 aliphatic carbocycles. The van der Waals surface area contributed by atoms with Gasteiger partial charge in [-0.15, -0.1) is 0 Å². The Morgan fingerprint density at radius 2 is 2.05 bits per heavy atom. The van der Waals surface area contributed by atoms with Crippen LogP contribution >= 0.6 is 0 Å². The zero-order valence-corrected chi connectivity index (χ0v) is 12.4. The van der Waals surface area contributed by atoms with Crippen molar-refractivity contribution < 1.29 is 19.1 Å². The van der Waals surface area contributed by atoms with Crippen LogP contribution in [-0.2, 0) is 9.59 Å². The van der Waals surface area contributed by atoms with Crippen LogP contribution in [0.3, 0.4) is 0 Å². The van der Waals surface area contributed by atoms with Crippen molar-refractivity contribution in [3.05, 3.63) is 12.1 Å². The minimum Gasteiger partial charge on any atom is -0.454 e. The number of fused-ring (bicyclic) bond motifs is 1. The topological polar surface area (TPSA) is 93.9 Å². The van der Waals surface area contributed by atoms with Crippen LogP contribution in [-0.4, -0.2) is 36.6 Å². The number of hydrogen-bond acceptors (Lipinski definition) is 5. The van der Waals surface area contributed by atoms with E-state index in [9.17, 15) is 9.59 Å².